The van der Waals surface area contributed by atoms with Crippen molar-refractivity contribution >= 4 is 29.1 Å². The van der Waals surface area contributed by atoms with E-state index in [0.29, 0.717) is 55.7 Å². The first-order valence-corrected chi connectivity index (χ1v) is 12.3. The van der Waals surface area contributed by atoms with E-state index in [0.717, 1.165) is 22.4 Å². The highest BCUT2D eigenvalue weighted by atomic mass is 35.5. The minimum Gasteiger partial charge on any atom is -0.336 e. The third-order valence-corrected chi connectivity index (χ3v) is 6.89. The predicted molar refractivity (Wildman–Crippen MR) is 139 cm³/mol. The van der Waals surface area contributed by atoms with Crippen LogP contribution in [0.25, 0.3) is 0 Å². The lowest BCUT2D eigenvalue weighted by molar-refractivity contribution is -0.117. The molecule has 1 aliphatic rings. The van der Waals surface area contributed by atoms with Crippen molar-refractivity contribution in [3.05, 3.63) is 81.1 Å². The van der Waals surface area contributed by atoms with Gasteiger partial charge in [0, 0.05) is 31.9 Å². The van der Waals surface area contributed by atoms with Gasteiger partial charge in [-0.05, 0) is 44.4 Å². The molecule has 2 aromatic carbocycles. The number of carbonyl (C=O) groups is 2. The zero-order valence-electron chi connectivity index (χ0n) is 20.8. The van der Waals surface area contributed by atoms with Crippen LogP contribution in [0.4, 0.5) is 5.69 Å². The molecule has 8 heteroatoms. The quantitative estimate of drug-likeness (QED) is 0.558. The summed E-state index contributed by atoms with van der Waals surface area (Å²) in [5.41, 5.74) is 6.32. The van der Waals surface area contributed by atoms with Crippen molar-refractivity contribution in [2.75, 3.05) is 38.0 Å². The lowest BCUT2D eigenvalue weighted by Crippen LogP contribution is -2.50. The molecule has 35 heavy (non-hydrogen) atoms. The molecule has 2 amide bonds. The van der Waals surface area contributed by atoms with Gasteiger partial charge in [-0.15, -0.1) is 0 Å². The van der Waals surface area contributed by atoms with Crippen LogP contribution in [0.15, 0.2) is 42.5 Å². The van der Waals surface area contributed by atoms with E-state index in [1.807, 2.05) is 70.2 Å². The molecule has 1 aromatic heterocycles. The fourth-order valence-corrected chi connectivity index (χ4v) is 4.74. The summed E-state index contributed by atoms with van der Waals surface area (Å²) in [4.78, 5) is 29.8. The number of aryl methyl sites for hydroxylation is 4. The van der Waals surface area contributed by atoms with E-state index in [1.165, 1.54) is 5.56 Å². The Morgan fingerprint density at radius 2 is 1.57 bits per heavy atom. The standard InChI is InChI=1S/C27H32ClN5O2/c1-18-8-10-22(11-9-18)16-33-26(28)24(21(4)30-33)27(35)32-14-12-31(13-15-32)17-23(34)29-25-19(2)6-5-7-20(25)3/h5-11H,12-17H2,1-4H3,(H,29,34). The van der Waals surface area contributed by atoms with Crippen LogP contribution >= 0.6 is 11.6 Å². The van der Waals surface area contributed by atoms with Gasteiger partial charge < -0.3 is 10.2 Å². The number of para-hydroxylation sites is 1. The second-order valence-corrected chi connectivity index (χ2v) is 9.64. The Kier molecular flexibility index (Phi) is 7.57. The highest BCUT2D eigenvalue weighted by Gasteiger charge is 2.28. The first-order valence-electron chi connectivity index (χ1n) is 11.9. The van der Waals surface area contributed by atoms with Gasteiger partial charge >= 0.3 is 0 Å². The number of piperazine rings is 1. The highest BCUT2D eigenvalue weighted by Crippen LogP contribution is 2.24. The van der Waals surface area contributed by atoms with Crippen molar-refractivity contribution < 1.29 is 9.59 Å². The Labute approximate surface area is 211 Å². The van der Waals surface area contributed by atoms with Crippen LogP contribution in [0.1, 0.15) is 38.3 Å². The molecule has 0 unspecified atom stereocenters. The summed E-state index contributed by atoms with van der Waals surface area (Å²) in [5, 5.41) is 7.93. The maximum atomic E-state index is 13.3. The predicted octanol–water partition coefficient (Wildman–Crippen LogP) is 4.21. The Balaban J connectivity index is 1.35. The van der Waals surface area contributed by atoms with Gasteiger partial charge in [0.15, 0.2) is 0 Å². The number of nitrogens with one attached hydrogen (secondary N) is 1. The molecule has 1 aliphatic heterocycles. The second-order valence-electron chi connectivity index (χ2n) is 9.28. The first kappa shape index (κ1) is 24.9. The molecule has 0 aliphatic carbocycles. The van der Waals surface area contributed by atoms with Gasteiger partial charge in [-0.2, -0.15) is 5.10 Å². The molecule has 1 saturated heterocycles. The van der Waals surface area contributed by atoms with Crippen molar-refractivity contribution in [3.8, 4) is 0 Å². The van der Waals surface area contributed by atoms with E-state index in [9.17, 15) is 9.59 Å². The summed E-state index contributed by atoms with van der Waals surface area (Å²) >= 11 is 6.61. The zero-order valence-corrected chi connectivity index (χ0v) is 21.5. The minimum absolute atomic E-state index is 0.0431. The monoisotopic (exact) mass is 493 g/mol. The van der Waals surface area contributed by atoms with Crippen LogP contribution in [0, 0.1) is 27.7 Å². The number of aromatic nitrogens is 2. The normalized spacial score (nSPS) is 14.3. The average Bonchev–Trinajstić information content (AvgIpc) is 3.10. The largest absolute Gasteiger partial charge is 0.336 e. The van der Waals surface area contributed by atoms with Crippen LogP contribution in [0.2, 0.25) is 5.15 Å². The molecule has 2 heterocycles. The number of hydrogen-bond donors (Lipinski definition) is 1. The molecule has 1 fully saturated rings. The number of rotatable bonds is 6. The molecular formula is C27H32ClN5O2. The zero-order chi connectivity index (χ0) is 25.1. The van der Waals surface area contributed by atoms with E-state index < -0.39 is 0 Å². The summed E-state index contributed by atoms with van der Waals surface area (Å²) < 4.78 is 1.68. The smallest absolute Gasteiger partial charge is 0.258 e. The first-order chi connectivity index (χ1) is 16.7. The molecular weight excluding hydrogens is 462 g/mol. The number of hydrogen-bond acceptors (Lipinski definition) is 4. The van der Waals surface area contributed by atoms with E-state index in [4.69, 9.17) is 11.6 Å². The van der Waals surface area contributed by atoms with Gasteiger partial charge in [0.1, 0.15) is 5.15 Å². The highest BCUT2D eigenvalue weighted by molar-refractivity contribution is 6.33. The minimum atomic E-state index is -0.109. The lowest BCUT2D eigenvalue weighted by atomic mass is 10.1. The van der Waals surface area contributed by atoms with Crippen LogP contribution < -0.4 is 5.32 Å². The lowest BCUT2D eigenvalue weighted by Gasteiger charge is -2.34. The van der Waals surface area contributed by atoms with Crippen LogP contribution in [0.5, 0.6) is 0 Å². The van der Waals surface area contributed by atoms with Gasteiger partial charge in [0.2, 0.25) is 5.91 Å². The van der Waals surface area contributed by atoms with Crippen molar-refractivity contribution in [2.45, 2.75) is 34.2 Å². The molecule has 184 valence electrons. The van der Waals surface area contributed by atoms with Gasteiger partial charge in [-0.1, -0.05) is 59.6 Å². The SMILES string of the molecule is Cc1ccc(Cn2nc(C)c(C(=O)N3CCN(CC(=O)Nc4c(C)cccc4C)CC3)c2Cl)cc1. The van der Waals surface area contributed by atoms with Crippen LogP contribution in [0.3, 0.4) is 0 Å². The van der Waals surface area contributed by atoms with E-state index >= 15 is 0 Å². The number of anilines is 1. The van der Waals surface area contributed by atoms with Gasteiger partial charge in [-0.3, -0.25) is 14.5 Å². The third kappa shape index (κ3) is 5.74. The molecule has 4 rings (SSSR count). The number of benzene rings is 2. The average molecular weight is 494 g/mol. The molecule has 0 spiro atoms. The van der Waals surface area contributed by atoms with E-state index in [2.05, 4.69) is 15.3 Å². The van der Waals surface area contributed by atoms with Gasteiger partial charge in [0.05, 0.1) is 24.3 Å². The summed E-state index contributed by atoms with van der Waals surface area (Å²) in [7, 11) is 0. The fourth-order valence-electron chi connectivity index (χ4n) is 4.43. The summed E-state index contributed by atoms with van der Waals surface area (Å²) in [6, 6.07) is 14.1. The van der Waals surface area contributed by atoms with Gasteiger partial charge in [0.25, 0.3) is 5.91 Å². The molecule has 1 N–H and O–H groups in total. The maximum Gasteiger partial charge on any atom is 0.258 e. The van der Waals surface area contributed by atoms with E-state index in [1.54, 1.807) is 9.58 Å². The Bertz CT molecular complexity index is 1210. The molecule has 0 bridgehead atoms. The number of halogens is 1. The summed E-state index contributed by atoms with van der Waals surface area (Å²) in [6.07, 6.45) is 0. The molecule has 0 radical (unpaired) electrons. The Morgan fingerprint density at radius 1 is 0.943 bits per heavy atom. The summed E-state index contributed by atoms with van der Waals surface area (Å²) in [6.45, 7) is 11.0. The van der Waals surface area contributed by atoms with Gasteiger partial charge in [-0.25, -0.2) is 4.68 Å². The summed E-state index contributed by atoms with van der Waals surface area (Å²) in [5.74, 6) is -0.152. The number of nitrogens with zero attached hydrogens (tertiary/aromatic N) is 4. The maximum absolute atomic E-state index is 13.3. The van der Waals surface area contributed by atoms with Crippen molar-refractivity contribution in [1.82, 2.24) is 19.6 Å². The van der Waals surface area contributed by atoms with E-state index in [-0.39, 0.29) is 11.8 Å². The number of carbonyl (C=O) groups excluding carboxylic acids is 2. The topological polar surface area (TPSA) is 70.5 Å². The number of amides is 2. The van der Waals surface area contributed by atoms with Crippen molar-refractivity contribution in [2.24, 2.45) is 0 Å². The molecule has 3 aromatic rings. The molecule has 0 atom stereocenters. The van der Waals surface area contributed by atoms with Crippen molar-refractivity contribution in [1.29, 1.82) is 0 Å². The second kappa shape index (κ2) is 10.6. The van der Waals surface area contributed by atoms with Crippen LogP contribution in [-0.2, 0) is 11.3 Å². The fraction of sp³-hybridized carbons (Fsp3) is 0.370. The van der Waals surface area contributed by atoms with Crippen LogP contribution in [-0.4, -0.2) is 64.1 Å². The molecule has 7 nitrogen and oxygen atoms in total. The Hall–Kier alpha value is -3.16. The Morgan fingerprint density at radius 3 is 2.20 bits per heavy atom. The third-order valence-electron chi connectivity index (χ3n) is 6.50. The molecule has 0 saturated carbocycles. The van der Waals surface area contributed by atoms with Crippen molar-refractivity contribution in [3.63, 3.8) is 0 Å².